The molecule has 1 amide bonds. The predicted molar refractivity (Wildman–Crippen MR) is 68.7 cm³/mol. The van der Waals surface area contributed by atoms with Crippen LogP contribution in [0.1, 0.15) is 38.5 Å². The second-order valence-corrected chi connectivity index (χ2v) is 4.61. The molecule has 3 N–H and O–H groups in total. The Balaban J connectivity index is 0. The maximum Gasteiger partial charge on any atom is 0.265 e. The molecule has 0 bridgehead atoms. The molecule has 0 aromatic carbocycles. The van der Waals surface area contributed by atoms with Crippen molar-refractivity contribution in [2.75, 3.05) is 27.2 Å². The highest BCUT2D eigenvalue weighted by Gasteiger charge is 1.96. The predicted octanol–water partition coefficient (Wildman–Crippen LogP) is -2.95. The summed E-state index contributed by atoms with van der Waals surface area (Å²) in [4.78, 5) is 12.4. The molecule has 0 heterocycles. The molecule has 0 aliphatic carbocycles. The minimum atomic E-state index is -0.332. The smallest absolute Gasteiger partial charge is 0.265 e. The van der Waals surface area contributed by atoms with Crippen molar-refractivity contribution in [2.45, 2.75) is 38.5 Å². The van der Waals surface area contributed by atoms with E-state index in [9.17, 15) is 4.79 Å². The highest BCUT2D eigenvalue weighted by atomic mass is 35.5. The maximum absolute atomic E-state index is 10.9. The third-order valence-corrected chi connectivity index (χ3v) is 2.58. The fraction of sp³-hybridized carbons (Fsp3) is 0.833. The molecular formula is C12H26ClN3O2. The van der Waals surface area contributed by atoms with Crippen LogP contribution in [0.5, 0.6) is 0 Å². The Labute approximate surface area is 116 Å². The molecule has 18 heavy (non-hydrogen) atoms. The Morgan fingerprint density at radius 3 is 2.28 bits per heavy atom. The third kappa shape index (κ3) is 15.2. The molecule has 0 aromatic rings. The number of unbranched alkanes of at least 4 members (excludes halogenated alkanes) is 5. The Hall–Kier alpha value is -0.810. The summed E-state index contributed by atoms with van der Waals surface area (Å²) < 4.78 is 0. The van der Waals surface area contributed by atoms with Gasteiger partial charge in [-0.1, -0.05) is 24.4 Å². The number of hydrogen-bond donors (Lipinski definition) is 3. The van der Waals surface area contributed by atoms with E-state index in [1.165, 1.54) is 37.1 Å². The zero-order chi connectivity index (χ0) is 12.9. The van der Waals surface area contributed by atoms with Gasteiger partial charge < -0.3 is 27.8 Å². The average molecular weight is 280 g/mol. The minimum Gasteiger partial charge on any atom is -1.00 e. The van der Waals surface area contributed by atoms with Crippen LogP contribution in [0.25, 0.3) is 0 Å². The largest absolute Gasteiger partial charge is 1.00 e. The van der Waals surface area contributed by atoms with Crippen LogP contribution in [0.3, 0.4) is 0 Å². The molecule has 0 aromatic heterocycles. The van der Waals surface area contributed by atoms with Gasteiger partial charge in [-0.3, -0.25) is 4.79 Å². The molecule has 0 rings (SSSR count). The van der Waals surface area contributed by atoms with Gasteiger partial charge in [0.25, 0.3) is 5.91 Å². The van der Waals surface area contributed by atoms with E-state index < -0.39 is 0 Å². The fourth-order valence-electron chi connectivity index (χ4n) is 1.62. The summed E-state index contributed by atoms with van der Waals surface area (Å²) in [6.07, 6.45) is 8.12. The van der Waals surface area contributed by atoms with Gasteiger partial charge in [-0.15, -0.1) is 0 Å². The van der Waals surface area contributed by atoms with E-state index in [1.54, 1.807) is 0 Å². The number of carbonyl (C=O) groups excluding carboxylic acids is 1. The summed E-state index contributed by atoms with van der Waals surface area (Å²) in [5.41, 5.74) is 0. The van der Waals surface area contributed by atoms with E-state index in [0.717, 1.165) is 19.1 Å². The van der Waals surface area contributed by atoms with Crippen LogP contribution in [0.15, 0.2) is 5.16 Å². The van der Waals surface area contributed by atoms with Crippen molar-refractivity contribution in [3.8, 4) is 0 Å². The van der Waals surface area contributed by atoms with Gasteiger partial charge in [0.15, 0.2) is 0 Å². The Morgan fingerprint density at radius 1 is 1.17 bits per heavy atom. The van der Waals surface area contributed by atoms with Gasteiger partial charge in [0, 0.05) is 6.54 Å². The van der Waals surface area contributed by atoms with E-state index in [2.05, 4.69) is 24.6 Å². The first-order valence-corrected chi connectivity index (χ1v) is 6.41. The number of quaternary nitrogens is 1. The van der Waals surface area contributed by atoms with Gasteiger partial charge >= 0.3 is 0 Å². The molecule has 0 fully saturated rings. The molecule has 0 saturated carbocycles. The van der Waals surface area contributed by atoms with Crippen LogP contribution < -0.4 is 22.6 Å². The molecule has 0 unspecified atom stereocenters. The lowest BCUT2D eigenvalue weighted by atomic mass is 10.1. The first kappa shape index (κ1) is 19.5. The van der Waals surface area contributed by atoms with Crippen LogP contribution in [-0.4, -0.2) is 44.5 Å². The van der Waals surface area contributed by atoms with Crippen molar-refractivity contribution in [2.24, 2.45) is 5.16 Å². The lowest BCUT2D eigenvalue weighted by molar-refractivity contribution is -0.858. The second-order valence-electron chi connectivity index (χ2n) is 4.61. The monoisotopic (exact) mass is 279 g/mol. The summed E-state index contributed by atoms with van der Waals surface area (Å²) in [5.74, 6) is -0.332. The van der Waals surface area contributed by atoms with E-state index in [4.69, 9.17) is 5.21 Å². The Kier molecular flexibility index (Phi) is 15.5. The molecule has 6 heteroatoms. The third-order valence-electron chi connectivity index (χ3n) is 2.58. The van der Waals surface area contributed by atoms with Gasteiger partial charge in [-0.2, -0.15) is 0 Å². The highest BCUT2D eigenvalue weighted by Crippen LogP contribution is 2.03. The highest BCUT2D eigenvalue weighted by molar-refractivity contribution is 6.25. The lowest BCUT2D eigenvalue weighted by Gasteiger charge is -2.06. The van der Waals surface area contributed by atoms with Crippen molar-refractivity contribution < 1.29 is 27.3 Å². The van der Waals surface area contributed by atoms with Crippen molar-refractivity contribution in [3.05, 3.63) is 0 Å². The number of rotatable bonds is 10. The summed E-state index contributed by atoms with van der Waals surface area (Å²) in [7, 11) is 4.36. The number of nitrogens with zero attached hydrogens (tertiary/aromatic N) is 1. The molecule has 0 spiro atoms. The average Bonchev–Trinajstić information content (AvgIpc) is 2.27. The van der Waals surface area contributed by atoms with E-state index >= 15 is 0 Å². The van der Waals surface area contributed by atoms with E-state index in [-0.39, 0.29) is 18.3 Å². The fourth-order valence-corrected chi connectivity index (χ4v) is 1.62. The summed E-state index contributed by atoms with van der Waals surface area (Å²) in [5, 5.41) is 13.4. The zero-order valence-corrected chi connectivity index (χ0v) is 12.2. The first-order chi connectivity index (χ1) is 8.16. The number of halogens is 1. The Bertz CT molecular complexity index is 223. The van der Waals surface area contributed by atoms with Gasteiger partial charge in [0.05, 0.1) is 20.6 Å². The van der Waals surface area contributed by atoms with Crippen LogP contribution in [0.4, 0.5) is 0 Å². The number of carbonyl (C=O) groups is 1. The van der Waals surface area contributed by atoms with Crippen molar-refractivity contribution in [1.82, 2.24) is 5.32 Å². The van der Waals surface area contributed by atoms with Gasteiger partial charge in [0.2, 0.25) is 0 Å². The summed E-state index contributed by atoms with van der Waals surface area (Å²) in [6, 6.07) is 0. The Morgan fingerprint density at radius 2 is 1.72 bits per heavy atom. The van der Waals surface area contributed by atoms with Crippen LogP contribution in [-0.2, 0) is 4.79 Å². The molecule has 0 aliphatic rings. The summed E-state index contributed by atoms with van der Waals surface area (Å²) >= 11 is 0. The van der Waals surface area contributed by atoms with Crippen molar-refractivity contribution >= 4 is 12.1 Å². The van der Waals surface area contributed by atoms with Crippen molar-refractivity contribution in [3.63, 3.8) is 0 Å². The minimum absolute atomic E-state index is 0. The second kappa shape index (κ2) is 14.3. The number of amides is 1. The quantitative estimate of drug-likeness (QED) is 0.173. The number of nitrogens with one attached hydrogen (secondary N) is 2. The lowest BCUT2D eigenvalue weighted by Crippen LogP contribution is -3.05. The van der Waals surface area contributed by atoms with E-state index in [0.29, 0.717) is 6.54 Å². The zero-order valence-electron chi connectivity index (χ0n) is 11.4. The van der Waals surface area contributed by atoms with Gasteiger partial charge in [0.1, 0.15) is 6.21 Å². The topological polar surface area (TPSA) is 66.1 Å². The molecule has 0 radical (unpaired) electrons. The number of oxime groups is 1. The normalized spacial score (nSPS) is 10.6. The first-order valence-electron chi connectivity index (χ1n) is 6.41. The van der Waals surface area contributed by atoms with Gasteiger partial charge in [-0.25, -0.2) is 0 Å². The molecule has 0 atom stereocenters. The van der Waals surface area contributed by atoms with E-state index in [1.807, 2.05) is 0 Å². The van der Waals surface area contributed by atoms with Gasteiger partial charge in [-0.05, 0) is 19.3 Å². The summed E-state index contributed by atoms with van der Waals surface area (Å²) in [6.45, 7) is 1.91. The molecule has 0 saturated heterocycles. The maximum atomic E-state index is 10.9. The van der Waals surface area contributed by atoms with Crippen LogP contribution >= 0.6 is 0 Å². The van der Waals surface area contributed by atoms with Crippen LogP contribution in [0.2, 0.25) is 0 Å². The number of hydrogen-bond acceptors (Lipinski definition) is 3. The molecule has 0 aliphatic heterocycles. The van der Waals surface area contributed by atoms with Crippen molar-refractivity contribution in [1.29, 1.82) is 0 Å². The standard InChI is InChI=1S/C12H25N3O2.ClH/c1-15(2)10-8-6-4-3-5-7-9-13-12(16)11-14-17;/h11,17H,3-10H2,1-2H3,(H,13,16);1H/b14-11-;. The molecular weight excluding hydrogens is 254 g/mol. The van der Waals surface area contributed by atoms with Crippen LogP contribution in [0, 0.1) is 0 Å². The SMILES string of the molecule is C[NH+](C)CCCCCCCCNC(=O)/C=N\O.[Cl-]. The molecule has 5 nitrogen and oxygen atoms in total. The molecule has 108 valence electrons.